The lowest BCUT2D eigenvalue weighted by atomic mass is 9.63. The van der Waals surface area contributed by atoms with Crippen LogP contribution >= 0.6 is 0 Å². The molecule has 4 rings (SSSR count). The highest BCUT2D eigenvalue weighted by molar-refractivity contribution is 5.91. The fourth-order valence-electron chi connectivity index (χ4n) is 5.81. The largest absolute Gasteiger partial charge is 0.423 e. The summed E-state index contributed by atoms with van der Waals surface area (Å²) in [5.74, 6) is -3.44. The fraction of sp³-hybridized carbons (Fsp3) is 0.464. The summed E-state index contributed by atoms with van der Waals surface area (Å²) in [6.07, 6.45) is 12.6. The molecule has 2 aliphatic carbocycles. The second-order valence-corrected chi connectivity index (χ2v) is 9.67. The summed E-state index contributed by atoms with van der Waals surface area (Å²) >= 11 is 0. The molecule has 0 amide bonds. The summed E-state index contributed by atoms with van der Waals surface area (Å²) in [6, 6.07) is 4.55. The second kappa shape index (κ2) is 10.7. The van der Waals surface area contributed by atoms with Crippen LogP contribution in [0, 0.1) is 41.0 Å². The Morgan fingerprint density at radius 1 is 0.912 bits per heavy atom. The summed E-state index contributed by atoms with van der Waals surface area (Å²) in [7, 11) is 0. The number of ether oxygens (including phenoxy) is 1. The van der Waals surface area contributed by atoms with E-state index in [0.29, 0.717) is 17.9 Å². The van der Waals surface area contributed by atoms with Crippen LogP contribution in [0.5, 0.6) is 5.75 Å². The van der Waals surface area contributed by atoms with E-state index < -0.39 is 29.2 Å². The molecular weight excluding hydrogens is 444 g/mol. The van der Waals surface area contributed by atoms with Gasteiger partial charge in [-0.15, -0.1) is 0 Å². The van der Waals surface area contributed by atoms with Crippen molar-refractivity contribution >= 4 is 5.97 Å². The van der Waals surface area contributed by atoms with E-state index in [1.165, 1.54) is 19.3 Å². The van der Waals surface area contributed by atoms with Crippen LogP contribution in [0.15, 0.2) is 42.5 Å². The number of carbonyl (C=O) groups is 1. The highest BCUT2D eigenvalue weighted by Gasteiger charge is 2.37. The zero-order chi connectivity index (χ0) is 24.2. The van der Waals surface area contributed by atoms with Gasteiger partial charge in [-0.3, -0.25) is 0 Å². The zero-order valence-corrected chi connectivity index (χ0v) is 19.3. The van der Waals surface area contributed by atoms with Gasteiger partial charge in [0.15, 0.2) is 11.6 Å². The molecule has 0 heterocycles. The second-order valence-electron chi connectivity index (χ2n) is 9.67. The van der Waals surface area contributed by atoms with E-state index in [-0.39, 0.29) is 22.8 Å². The van der Waals surface area contributed by atoms with Crippen LogP contribution < -0.4 is 4.74 Å². The lowest BCUT2D eigenvalue weighted by Crippen LogP contribution is -2.31. The molecular formula is C28H30F4O2. The van der Waals surface area contributed by atoms with Gasteiger partial charge in [0, 0.05) is 11.6 Å². The smallest absolute Gasteiger partial charge is 0.343 e. The fourth-order valence-corrected chi connectivity index (χ4v) is 5.81. The Labute approximate surface area is 198 Å². The first kappa shape index (κ1) is 24.5. The Kier molecular flexibility index (Phi) is 7.74. The van der Waals surface area contributed by atoms with E-state index in [1.54, 1.807) is 0 Å². The van der Waals surface area contributed by atoms with Crippen molar-refractivity contribution in [3.8, 4) is 5.75 Å². The van der Waals surface area contributed by atoms with Gasteiger partial charge in [-0.05, 0) is 99.8 Å². The summed E-state index contributed by atoms with van der Waals surface area (Å²) < 4.78 is 61.4. The van der Waals surface area contributed by atoms with Gasteiger partial charge in [-0.1, -0.05) is 18.6 Å². The normalized spacial score (nSPS) is 24.7. The van der Waals surface area contributed by atoms with Crippen LogP contribution in [0.2, 0.25) is 0 Å². The molecule has 0 saturated heterocycles. The minimum absolute atomic E-state index is 0.0398. The number of carbonyl (C=O) groups excluding carboxylic acids is 1. The van der Waals surface area contributed by atoms with Crippen molar-refractivity contribution in [3.63, 3.8) is 0 Å². The molecule has 0 spiro atoms. The number of benzene rings is 2. The Morgan fingerprint density at radius 3 is 2.32 bits per heavy atom. The third-order valence-corrected chi connectivity index (χ3v) is 7.52. The Balaban J connectivity index is 1.41. The SMILES string of the molecule is C/C=C/CCC1CCC2CC(c3c(F)cc(C(=O)Oc4ccc(F)c(F)c4)cc3F)CCC2C1. The minimum Gasteiger partial charge on any atom is -0.423 e. The van der Waals surface area contributed by atoms with Gasteiger partial charge in [0.05, 0.1) is 5.56 Å². The van der Waals surface area contributed by atoms with E-state index in [4.69, 9.17) is 4.74 Å². The molecule has 2 aromatic rings. The quantitative estimate of drug-likeness (QED) is 0.183. The van der Waals surface area contributed by atoms with Gasteiger partial charge < -0.3 is 4.74 Å². The maximum Gasteiger partial charge on any atom is 0.343 e. The van der Waals surface area contributed by atoms with E-state index in [1.807, 2.05) is 6.92 Å². The summed E-state index contributed by atoms with van der Waals surface area (Å²) in [4.78, 5) is 12.3. The monoisotopic (exact) mass is 474 g/mol. The molecule has 0 radical (unpaired) electrons. The standard InChI is InChI=1S/C28H30F4O2/c1-2-3-4-5-17-6-7-19-13-20(9-8-18(19)12-17)27-25(31)14-21(15-26(27)32)28(33)34-22-10-11-23(29)24(30)16-22/h2-3,10-11,14-20H,4-9,12-13H2,1H3/b3-2+. The lowest BCUT2D eigenvalue weighted by molar-refractivity contribution is 0.0732. The Bertz CT molecular complexity index is 1040. The van der Waals surface area contributed by atoms with Gasteiger partial charge in [0.25, 0.3) is 0 Å². The van der Waals surface area contributed by atoms with Crippen molar-refractivity contribution in [2.75, 3.05) is 0 Å². The van der Waals surface area contributed by atoms with Crippen LogP contribution in [0.4, 0.5) is 17.6 Å². The van der Waals surface area contributed by atoms with Gasteiger partial charge in [-0.25, -0.2) is 22.4 Å². The topological polar surface area (TPSA) is 26.3 Å². The molecule has 6 heteroatoms. The predicted molar refractivity (Wildman–Crippen MR) is 123 cm³/mol. The molecule has 2 aromatic carbocycles. The van der Waals surface area contributed by atoms with E-state index in [2.05, 4.69) is 12.2 Å². The van der Waals surface area contributed by atoms with Crippen molar-refractivity contribution in [2.45, 2.75) is 64.2 Å². The van der Waals surface area contributed by atoms with Crippen molar-refractivity contribution < 1.29 is 27.1 Å². The number of esters is 1. The number of hydrogen-bond donors (Lipinski definition) is 0. The molecule has 4 unspecified atom stereocenters. The molecule has 34 heavy (non-hydrogen) atoms. The molecule has 0 bridgehead atoms. The van der Waals surface area contributed by atoms with Crippen LogP contribution in [-0.2, 0) is 0 Å². The molecule has 2 saturated carbocycles. The number of halogens is 4. The van der Waals surface area contributed by atoms with Crippen LogP contribution in [0.3, 0.4) is 0 Å². The van der Waals surface area contributed by atoms with Crippen molar-refractivity contribution in [3.05, 3.63) is 76.9 Å². The number of allylic oxidation sites excluding steroid dienone is 2. The highest BCUT2D eigenvalue weighted by Crippen LogP contribution is 2.49. The molecule has 2 nitrogen and oxygen atoms in total. The van der Waals surface area contributed by atoms with Crippen molar-refractivity contribution in [1.82, 2.24) is 0 Å². The first-order valence-corrected chi connectivity index (χ1v) is 12.1. The van der Waals surface area contributed by atoms with Gasteiger partial charge >= 0.3 is 5.97 Å². The maximum absolute atomic E-state index is 15.0. The predicted octanol–water partition coefficient (Wildman–Crippen LogP) is 8.12. The van der Waals surface area contributed by atoms with Gasteiger partial charge in [0.2, 0.25) is 0 Å². The molecule has 2 aliphatic rings. The average Bonchev–Trinajstić information content (AvgIpc) is 2.81. The first-order valence-electron chi connectivity index (χ1n) is 12.1. The molecule has 2 fully saturated rings. The Morgan fingerprint density at radius 2 is 1.62 bits per heavy atom. The highest BCUT2D eigenvalue weighted by atomic mass is 19.2. The lowest BCUT2D eigenvalue weighted by Gasteiger charge is -2.42. The summed E-state index contributed by atoms with van der Waals surface area (Å²) in [5, 5.41) is 0. The molecule has 0 N–H and O–H groups in total. The summed E-state index contributed by atoms with van der Waals surface area (Å²) in [5.41, 5.74) is -0.267. The first-order chi connectivity index (χ1) is 16.4. The van der Waals surface area contributed by atoms with Crippen LogP contribution in [-0.4, -0.2) is 5.97 Å². The van der Waals surface area contributed by atoms with E-state index >= 15 is 8.78 Å². The molecule has 0 aliphatic heterocycles. The van der Waals surface area contributed by atoms with E-state index in [9.17, 15) is 13.6 Å². The summed E-state index contributed by atoms with van der Waals surface area (Å²) in [6.45, 7) is 2.04. The number of rotatable bonds is 6. The van der Waals surface area contributed by atoms with Crippen LogP contribution in [0.1, 0.15) is 80.1 Å². The molecule has 182 valence electrons. The van der Waals surface area contributed by atoms with Crippen molar-refractivity contribution in [2.24, 2.45) is 17.8 Å². The van der Waals surface area contributed by atoms with Crippen molar-refractivity contribution in [1.29, 1.82) is 0 Å². The van der Waals surface area contributed by atoms with E-state index in [0.717, 1.165) is 62.3 Å². The molecule has 0 aromatic heterocycles. The maximum atomic E-state index is 15.0. The third-order valence-electron chi connectivity index (χ3n) is 7.52. The van der Waals surface area contributed by atoms with Gasteiger partial charge in [-0.2, -0.15) is 0 Å². The minimum atomic E-state index is -1.18. The average molecular weight is 475 g/mol. The van der Waals surface area contributed by atoms with Gasteiger partial charge in [0.1, 0.15) is 17.4 Å². The molecule has 4 atom stereocenters. The van der Waals surface area contributed by atoms with Crippen LogP contribution in [0.25, 0.3) is 0 Å². The Hall–Kier alpha value is -2.63. The zero-order valence-electron chi connectivity index (χ0n) is 19.3. The third kappa shape index (κ3) is 5.53. The number of fused-ring (bicyclic) bond motifs is 1. The number of hydrogen-bond acceptors (Lipinski definition) is 2.